The van der Waals surface area contributed by atoms with Gasteiger partial charge >= 0.3 is 6.09 Å². The molecule has 1 amide bonds. The fourth-order valence-electron chi connectivity index (χ4n) is 4.57. The van der Waals surface area contributed by atoms with Crippen LogP contribution >= 0.6 is 0 Å². The number of anilines is 1. The SMILES string of the molecule is C=C1C(=O)c2cc(OCc3ccccc3)ccc2N(S(=O)(=O)c2ccc(C)cc2)[C@H]1CCCNC(=O)OC(C)(C)C. The van der Waals surface area contributed by atoms with E-state index in [1.807, 2.05) is 37.3 Å². The molecule has 9 heteroatoms. The normalized spacial score (nSPS) is 15.3. The highest BCUT2D eigenvalue weighted by molar-refractivity contribution is 7.92. The predicted molar refractivity (Wildman–Crippen MR) is 159 cm³/mol. The molecule has 3 aromatic rings. The van der Waals surface area contributed by atoms with E-state index in [2.05, 4.69) is 11.9 Å². The van der Waals surface area contributed by atoms with Crippen molar-refractivity contribution in [2.24, 2.45) is 0 Å². The summed E-state index contributed by atoms with van der Waals surface area (Å²) in [4.78, 5) is 25.7. The van der Waals surface area contributed by atoms with Gasteiger partial charge in [-0.1, -0.05) is 54.6 Å². The monoisotopic (exact) mass is 576 g/mol. The molecule has 8 nitrogen and oxygen atoms in total. The first-order valence-corrected chi connectivity index (χ1v) is 14.9. The second kappa shape index (κ2) is 12.2. The van der Waals surface area contributed by atoms with Crippen molar-refractivity contribution < 1.29 is 27.5 Å². The van der Waals surface area contributed by atoms with Crippen LogP contribution in [0.15, 0.2) is 89.8 Å². The van der Waals surface area contributed by atoms with E-state index >= 15 is 0 Å². The number of nitrogens with one attached hydrogen (secondary N) is 1. The van der Waals surface area contributed by atoms with E-state index < -0.39 is 27.8 Å². The molecule has 4 rings (SSSR count). The maximum Gasteiger partial charge on any atom is 0.407 e. The van der Waals surface area contributed by atoms with Crippen LogP contribution in [0.4, 0.5) is 10.5 Å². The van der Waals surface area contributed by atoms with Crippen molar-refractivity contribution in [2.45, 2.75) is 63.7 Å². The molecule has 0 aromatic heterocycles. The average molecular weight is 577 g/mol. The number of carbonyl (C=O) groups is 2. The Morgan fingerprint density at radius 1 is 1.02 bits per heavy atom. The summed E-state index contributed by atoms with van der Waals surface area (Å²) >= 11 is 0. The Morgan fingerprint density at radius 3 is 2.37 bits per heavy atom. The Labute approximate surface area is 242 Å². The molecular weight excluding hydrogens is 540 g/mol. The lowest BCUT2D eigenvalue weighted by Crippen LogP contribution is -2.47. The van der Waals surface area contributed by atoms with Crippen molar-refractivity contribution in [1.82, 2.24) is 5.32 Å². The van der Waals surface area contributed by atoms with Gasteiger partial charge in [-0.2, -0.15) is 0 Å². The van der Waals surface area contributed by atoms with Crippen molar-refractivity contribution in [1.29, 1.82) is 0 Å². The lowest BCUT2D eigenvalue weighted by Gasteiger charge is -2.38. The van der Waals surface area contributed by atoms with Crippen LogP contribution < -0.4 is 14.4 Å². The molecule has 1 N–H and O–H groups in total. The molecule has 0 spiro atoms. The van der Waals surface area contributed by atoms with Crippen molar-refractivity contribution in [2.75, 3.05) is 10.8 Å². The molecule has 1 atom stereocenters. The minimum absolute atomic E-state index is 0.109. The van der Waals surface area contributed by atoms with Gasteiger partial charge in [0.2, 0.25) is 0 Å². The molecule has 216 valence electrons. The molecule has 1 aliphatic rings. The molecule has 0 unspecified atom stereocenters. The smallest absolute Gasteiger partial charge is 0.407 e. The van der Waals surface area contributed by atoms with Crippen LogP contribution in [-0.2, 0) is 21.4 Å². The zero-order valence-corrected chi connectivity index (χ0v) is 24.7. The van der Waals surface area contributed by atoms with E-state index in [9.17, 15) is 18.0 Å². The fourth-order valence-corrected chi connectivity index (χ4v) is 6.26. The second-order valence-corrected chi connectivity index (χ2v) is 12.8. The fraction of sp³-hybridized carbons (Fsp3) is 0.312. The van der Waals surface area contributed by atoms with Crippen LogP contribution in [0, 0.1) is 6.92 Å². The number of benzene rings is 3. The Balaban J connectivity index is 1.63. The summed E-state index contributed by atoms with van der Waals surface area (Å²) in [6.07, 6.45) is 0.0921. The molecule has 0 saturated heterocycles. The largest absolute Gasteiger partial charge is 0.489 e. The maximum atomic E-state index is 14.1. The van der Waals surface area contributed by atoms with E-state index in [1.54, 1.807) is 63.2 Å². The average Bonchev–Trinajstić information content (AvgIpc) is 2.92. The zero-order chi connectivity index (χ0) is 29.8. The van der Waals surface area contributed by atoms with Gasteiger partial charge in [0.05, 0.1) is 22.2 Å². The van der Waals surface area contributed by atoms with Crippen LogP contribution in [0.1, 0.15) is 55.1 Å². The summed E-state index contributed by atoms with van der Waals surface area (Å²) in [6.45, 7) is 11.8. The van der Waals surface area contributed by atoms with E-state index in [4.69, 9.17) is 9.47 Å². The first-order chi connectivity index (χ1) is 19.4. The molecule has 3 aromatic carbocycles. The maximum absolute atomic E-state index is 14.1. The van der Waals surface area contributed by atoms with Crippen LogP contribution in [0.2, 0.25) is 0 Å². The minimum atomic E-state index is -4.08. The number of aryl methyl sites for hydroxylation is 1. The second-order valence-electron chi connectivity index (χ2n) is 11.0. The number of Topliss-reactive ketones (excluding diaryl/α,β-unsaturated/α-hetero) is 1. The van der Waals surface area contributed by atoms with Crippen molar-refractivity contribution in [3.8, 4) is 5.75 Å². The van der Waals surface area contributed by atoms with E-state index in [1.165, 1.54) is 4.31 Å². The highest BCUT2D eigenvalue weighted by atomic mass is 32.2. The molecule has 1 heterocycles. The van der Waals surface area contributed by atoms with Crippen LogP contribution in [-0.4, -0.2) is 38.5 Å². The molecule has 41 heavy (non-hydrogen) atoms. The number of hydrogen-bond acceptors (Lipinski definition) is 6. The molecule has 0 fully saturated rings. The molecule has 0 aliphatic carbocycles. The Morgan fingerprint density at radius 2 is 1.71 bits per heavy atom. The molecule has 1 aliphatic heterocycles. The minimum Gasteiger partial charge on any atom is -0.489 e. The van der Waals surface area contributed by atoms with E-state index in [0.29, 0.717) is 18.8 Å². The Bertz CT molecular complexity index is 1530. The number of nitrogens with zero attached hydrogens (tertiary/aromatic N) is 1. The van der Waals surface area contributed by atoms with Crippen molar-refractivity contribution in [3.63, 3.8) is 0 Å². The lowest BCUT2D eigenvalue weighted by molar-refractivity contribution is 0.0526. The van der Waals surface area contributed by atoms with Crippen LogP contribution in [0.3, 0.4) is 0 Å². The molecule has 0 bridgehead atoms. The van der Waals surface area contributed by atoms with Crippen molar-refractivity contribution >= 4 is 27.6 Å². The van der Waals surface area contributed by atoms with E-state index in [-0.39, 0.29) is 40.5 Å². The number of rotatable bonds is 9. The predicted octanol–water partition coefficient (Wildman–Crippen LogP) is 6.20. The molecule has 0 saturated carbocycles. The third-order valence-electron chi connectivity index (χ3n) is 6.58. The molecule has 0 radical (unpaired) electrons. The van der Waals surface area contributed by atoms with Crippen molar-refractivity contribution in [3.05, 3.63) is 102 Å². The summed E-state index contributed by atoms with van der Waals surface area (Å²) in [5, 5.41) is 2.69. The summed E-state index contributed by atoms with van der Waals surface area (Å²) in [6, 6.07) is 20.2. The number of amides is 1. The number of hydrogen-bond donors (Lipinski definition) is 1. The lowest BCUT2D eigenvalue weighted by atomic mass is 9.90. The number of carbonyl (C=O) groups excluding carboxylic acids is 2. The van der Waals surface area contributed by atoms with Crippen LogP contribution in [0.5, 0.6) is 5.75 Å². The summed E-state index contributed by atoms with van der Waals surface area (Å²) < 4.78 is 40.6. The molecular formula is C32H36N2O6S. The van der Waals surface area contributed by atoms with Gasteiger partial charge in [-0.25, -0.2) is 13.2 Å². The summed E-state index contributed by atoms with van der Waals surface area (Å²) in [5.74, 6) is 0.104. The number of alkyl carbamates (subject to hydrolysis) is 1. The van der Waals surface area contributed by atoms with Gasteiger partial charge in [-0.3, -0.25) is 9.10 Å². The van der Waals surface area contributed by atoms with E-state index in [0.717, 1.165) is 11.1 Å². The summed E-state index contributed by atoms with van der Waals surface area (Å²) in [7, 11) is -4.08. The third kappa shape index (κ3) is 7.16. The highest BCUT2D eigenvalue weighted by Crippen LogP contribution is 2.40. The number of sulfonamides is 1. The zero-order valence-electron chi connectivity index (χ0n) is 23.8. The van der Waals surface area contributed by atoms with Gasteiger partial charge in [0.25, 0.3) is 10.0 Å². The topological polar surface area (TPSA) is 102 Å². The number of fused-ring (bicyclic) bond motifs is 1. The summed E-state index contributed by atoms with van der Waals surface area (Å²) in [5.41, 5.74) is 1.88. The quantitative estimate of drug-likeness (QED) is 0.241. The first-order valence-electron chi connectivity index (χ1n) is 13.5. The standard InChI is InChI=1S/C32H36N2O6S/c1-22-13-16-26(17-14-22)41(37,38)34-28(12-9-19-33-31(36)40-32(3,4)5)23(2)30(35)27-20-25(15-18-29(27)34)39-21-24-10-7-6-8-11-24/h6-8,10-11,13-18,20,28H,2,9,12,19,21H2,1,3-5H3,(H,33,36)/t28-/m0/s1. The third-order valence-corrected chi connectivity index (χ3v) is 8.41. The Hall–Kier alpha value is -4.11. The van der Waals surface area contributed by atoms with Crippen LogP contribution in [0.25, 0.3) is 0 Å². The van der Waals surface area contributed by atoms with Gasteiger partial charge in [-0.05, 0) is 76.4 Å². The number of ketones is 1. The first kappa shape index (κ1) is 29.9. The van der Waals surface area contributed by atoms with Gasteiger partial charge in [0.1, 0.15) is 18.0 Å². The Kier molecular flexibility index (Phi) is 8.87. The van der Waals surface area contributed by atoms with Gasteiger partial charge in [0, 0.05) is 12.1 Å². The highest BCUT2D eigenvalue weighted by Gasteiger charge is 2.41. The van der Waals surface area contributed by atoms with Gasteiger partial charge in [-0.15, -0.1) is 0 Å². The number of ether oxygens (including phenoxy) is 2. The van der Waals surface area contributed by atoms with Gasteiger partial charge in [0.15, 0.2) is 5.78 Å². The van der Waals surface area contributed by atoms with Gasteiger partial charge < -0.3 is 14.8 Å².